The molecule has 0 saturated heterocycles. The largest absolute Gasteiger partial charge is 0.481 e. The highest BCUT2D eigenvalue weighted by atomic mass is 35.5. The van der Waals surface area contributed by atoms with Gasteiger partial charge >= 0.3 is 0 Å². The number of carbonyl (C=O) groups is 1. The second kappa shape index (κ2) is 7.84. The van der Waals surface area contributed by atoms with Crippen molar-refractivity contribution in [2.24, 2.45) is 0 Å². The number of rotatable bonds is 6. The second-order valence-corrected chi connectivity index (χ2v) is 6.55. The Kier molecular flexibility index (Phi) is 5.09. The van der Waals surface area contributed by atoms with Gasteiger partial charge in [0.05, 0.1) is 17.7 Å². The fraction of sp³-hybridized carbons (Fsp3) is 0.100. The van der Waals surface area contributed by atoms with E-state index < -0.39 is 11.6 Å². The van der Waals surface area contributed by atoms with Gasteiger partial charge in [-0.2, -0.15) is 0 Å². The van der Waals surface area contributed by atoms with Gasteiger partial charge in [0.1, 0.15) is 11.5 Å². The summed E-state index contributed by atoms with van der Waals surface area (Å²) in [5.74, 6) is -0.401. The van der Waals surface area contributed by atoms with E-state index in [1.54, 1.807) is 24.4 Å². The van der Waals surface area contributed by atoms with Crippen molar-refractivity contribution in [2.45, 2.75) is 6.42 Å². The van der Waals surface area contributed by atoms with Crippen LogP contribution in [0.1, 0.15) is 15.9 Å². The minimum absolute atomic E-state index is 0.107. The zero-order chi connectivity index (χ0) is 20.4. The Morgan fingerprint density at radius 3 is 2.83 bits per heavy atom. The van der Waals surface area contributed by atoms with Gasteiger partial charge in [-0.05, 0) is 36.4 Å². The average Bonchev–Trinajstić information content (AvgIpc) is 3.40. The third-order valence-electron chi connectivity index (χ3n) is 4.20. The van der Waals surface area contributed by atoms with E-state index in [0.717, 1.165) is 0 Å². The lowest BCUT2D eigenvalue weighted by molar-refractivity contribution is 0.0988. The number of aromatic nitrogens is 4. The fourth-order valence-corrected chi connectivity index (χ4v) is 3.01. The summed E-state index contributed by atoms with van der Waals surface area (Å²) in [6.45, 7) is 0. The summed E-state index contributed by atoms with van der Waals surface area (Å²) in [4.78, 5) is 19.7. The van der Waals surface area contributed by atoms with Gasteiger partial charge in [0.2, 0.25) is 11.8 Å². The molecule has 0 aliphatic heterocycles. The molecular formula is C20H14ClFN4O3. The fourth-order valence-electron chi connectivity index (χ4n) is 2.83. The molecule has 3 aromatic heterocycles. The van der Waals surface area contributed by atoms with Crippen LogP contribution in [0.4, 0.5) is 4.39 Å². The van der Waals surface area contributed by atoms with Crippen LogP contribution in [0.25, 0.3) is 23.0 Å². The lowest BCUT2D eigenvalue weighted by Gasteiger charge is -2.08. The number of halogens is 2. The number of pyridine rings is 1. The molecule has 0 bridgehead atoms. The molecule has 0 spiro atoms. The van der Waals surface area contributed by atoms with Gasteiger partial charge in [-0.1, -0.05) is 11.6 Å². The zero-order valence-corrected chi connectivity index (χ0v) is 15.9. The Bertz CT molecular complexity index is 1170. The number of benzene rings is 1. The van der Waals surface area contributed by atoms with Crippen molar-refractivity contribution in [1.29, 1.82) is 0 Å². The van der Waals surface area contributed by atoms with Crippen molar-refractivity contribution in [1.82, 2.24) is 20.2 Å². The van der Waals surface area contributed by atoms with Crippen molar-refractivity contribution < 1.29 is 18.3 Å². The first-order valence-corrected chi connectivity index (χ1v) is 8.91. The molecular weight excluding hydrogens is 399 g/mol. The maximum absolute atomic E-state index is 14.4. The van der Waals surface area contributed by atoms with E-state index in [2.05, 4.69) is 20.2 Å². The number of hydrogen-bond acceptors (Lipinski definition) is 6. The highest BCUT2D eigenvalue weighted by molar-refractivity contribution is 6.30. The molecule has 4 aromatic rings. The molecule has 4 rings (SSSR count). The lowest BCUT2D eigenvalue weighted by Crippen LogP contribution is -2.08. The quantitative estimate of drug-likeness (QED) is 0.473. The first-order valence-electron chi connectivity index (χ1n) is 8.54. The number of aromatic amines is 1. The van der Waals surface area contributed by atoms with Crippen LogP contribution >= 0.6 is 11.6 Å². The SMILES string of the molecule is COc1ncc(Cl)cc1CC(=O)c1cc(-c2nnc(-c3ccc[nH]3)o2)ccc1F. The summed E-state index contributed by atoms with van der Waals surface area (Å²) in [7, 11) is 1.43. The van der Waals surface area contributed by atoms with Crippen LogP contribution in [0.15, 0.2) is 53.2 Å². The maximum atomic E-state index is 14.4. The van der Waals surface area contributed by atoms with Gasteiger partial charge in [0.15, 0.2) is 5.78 Å². The van der Waals surface area contributed by atoms with E-state index in [9.17, 15) is 9.18 Å². The molecule has 0 aliphatic carbocycles. The molecule has 7 nitrogen and oxygen atoms in total. The molecule has 1 aromatic carbocycles. The van der Waals surface area contributed by atoms with E-state index in [1.807, 2.05) is 0 Å². The van der Waals surface area contributed by atoms with Crippen LogP contribution in [0.5, 0.6) is 5.88 Å². The zero-order valence-electron chi connectivity index (χ0n) is 15.1. The predicted octanol–water partition coefficient (Wildman–Crippen LogP) is 4.35. The summed E-state index contributed by atoms with van der Waals surface area (Å²) in [5.41, 5.74) is 1.43. The molecule has 0 fully saturated rings. The van der Waals surface area contributed by atoms with Gasteiger partial charge in [-0.15, -0.1) is 10.2 Å². The van der Waals surface area contributed by atoms with Gasteiger partial charge < -0.3 is 14.1 Å². The maximum Gasteiger partial charge on any atom is 0.264 e. The molecule has 0 amide bonds. The number of carbonyl (C=O) groups excluding carboxylic acids is 1. The lowest BCUT2D eigenvalue weighted by atomic mass is 10.0. The Morgan fingerprint density at radius 1 is 1.24 bits per heavy atom. The summed E-state index contributed by atoms with van der Waals surface area (Å²) >= 11 is 5.95. The number of hydrogen-bond donors (Lipinski definition) is 1. The molecule has 0 unspecified atom stereocenters. The standard InChI is InChI=1S/C20H14ClFN4O3/c1-28-18-12(7-13(21)10-24-18)9-17(27)14-8-11(4-5-15(14)22)19-25-26-20(29-19)16-3-2-6-23-16/h2-8,10,23H,9H2,1H3. The number of ketones is 1. The summed E-state index contributed by atoms with van der Waals surface area (Å²) < 4.78 is 25.1. The highest BCUT2D eigenvalue weighted by Gasteiger charge is 2.19. The van der Waals surface area contributed by atoms with Crippen LogP contribution in [0.3, 0.4) is 0 Å². The van der Waals surface area contributed by atoms with Crippen LogP contribution < -0.4 is 4.74 Å². The molecule has 0 aliphatic rings. The first kappa shape index (κ1) is 18.8. The van der Waals surface area contributed by atoms with Crippen molar-refractivity contribution in [3.63, 3.8) is 0 Å². The van der Waals surface area contributed by atoms with Gasteiger partial charge in [-0.25, -0.2) is 9.37 Å². The molecule has 3 heterocycles. The van der Waals surface area contributed by atoms with Crippen molar-refractivity contribution in [3.05, 3.63) is 70.8 Å². The van der Waals surface area contributed by atoms with E-state index in [0.29, 0.717) is 21.8 Å². The smallest absolute Gasteiger partial charge is 0.264 e. The number of ether oxygens (including phenoxy) is 1. The number of nitrogens with zero attached hydrogens (tertiary/aromatic N) is 3. The molecule has 9 heteroatoms. The Hall–Kier alpha value is -3.52. The molecule has 1 N–H and O–H groups in total. The number of H-pyrrole nitrogens is 1. The molecule has 29 heavy (non-hydrogen) atoms. The summed E-state index contributed by atoms with van der Waals surface area (Å²) in [6.07, 6.45) is 3.01. The molecule has 0 radical (unpaired) electrons. The van der Waals surface area contributed by atoms with Gasteiger partial charge in [0.25, 0.3) is 5.89 Å². The number of nitrogens with one attached hydrogen (secondary N) is 1. The minimum atomic E-state index is -0.656. The normalized spacial score (nSPS) is 10.9. The molecule has 146 valence electrons. The Labute approximate surface area is 169 Å². The third kappa shape index (κ3) is 3.88. The van der Waals surface area contributed by atoms with E-state index in [4.69, 9.17) is 20.8 Å². The Morgan fingerprint density at radius 2 is 2.07 bits per heavy atom. The molecule has 0 atom stereocenters. The minimum Gasteiger partial charge on any atom is -0.481 e. The van der Waals surface area contributed by atoms with E-state index in [1.165, 1.54) is 31.5 Å². The van der Waals surface area contributed by atoms with Crippen LogP contribution in [0.2, 0.25) is 5.02 Å². The van der Waals surface area contributed by atoms with E-state index >= 15 is 0 Å². The highest BCUT2D eigenvalue weighted by Crippen LogP contribution is 2.26. The molecule has 0 saturated carbocycles. The average molecular weight is 413 g/mol. The van der Waals surface area contributed by atoms with Crippen molar-refractivity contribution in [2.75, 3.05) is 7.11 Å². The van der Waals surface area contributed by atoms with Crippen molar-refractivity contribution >= 4 is 17.4 Å². The topological polar surface area (TPSA) is 93.9 Å². The van der Waals surface area contributed by atoms with Crippen LogP contribution in [0, 0.1) is 5.82 Å². The van der Waals surface area contributed by atoms with E-state index in [-0.39, 0.29) is 29.6 Å². The van der Waals surface area contributed by atoms with Gasteiger partial charge in [0, 0.05) is 29.9 Å². The van der Waals surface area contributed by atoms with Crippen LogP contribution in [-0.2, 0) is 6.42 Å². The van der Waals surface area contributed by atoms with Crippen LogP contribution in [-0.4, -0.2) is 33.1 Å². The predicted molar refractivity (Wildman–Crippen MR) is 103 cm³/mol. The summed E-state index contributed by atoms with van der Waals surface area (Å²) in [5, 5.41) is 8.30. The van der Waals surface area contributed by atoms with Crippen molar-refractivity contribution in [3.8, 4) is 28.9 Å². The first-order chi connectivity index (χ1) is 14.0. The summed E-state index contributed by atoms with van der Waals surface area (Å²) in [6, 6.07) is 9.19. The number of methoxy groups -OCH3 is 1. The number of Topliss-reactive ketones (excluding diaryl/α,β-unsaturated/α-hetero) is 1. The third-order valence-corrected chi connectivity index (χ3v) is 4.41. The Balaban J connectivity index is 1.64. The second-order valence-electron chi connectivity index (χ2n) is 6.11. The monoisotopic (exact) mass is 412 g/mol. The van der Waals surface area contributed by atoms with Gasteiger partial charge in [-0.3, -0.25) is 4.79 Å².